The lowest BCUT2D eigenvalue weighted by Gasteiger charge is -2.36. The van der Waals surface area contributed by atoms with Gasteiger partial charge < -0.3 is 10.2 Å². The molecule has 3 heterocycles. The summed E-state index contributed by atoms with van der Waals surface area (Å²) in [6.07, 6.45) is 6.33. The van der Waals surface area contributed by atoms with Gasteiger partial charge in [-0.2, -0.15) is 5.26 Å². The van der Waals surface area contributed by atoms with Gasteiger partial charge in [0.15, 0.2) is 0 Å². The predicted molar refractivity (Wildman–Crippen MR) is 106 cm³/mol. The summed E-state index contributed by atoms with van der Waals surface area (Å²) in [6, 6.07) is 3.54. The van der Waals surface area contributed by atoms with Gasteiger partial charge in [-0.05, 0) is 57.1 Å². The average Bonchev–Trinajstić information content (AvgIpc) is 2.97. The zero-order chi connectivity index (χ0) is 19.2. The van der Waals surface area contributed by atoms with Crippen LogP contribution in [-0.2, 0) is 9.59 Å². The van der Waals surface area contributed by atoms with Crippen molar-refractivity contribution in [3.8, 4) is 6.07 Å². The second-order valence-corrected chi connectivity index (χ2v) is 8.41. The van der Waals surface area contributed by atoms with Gasteiger partial charge in [0.1, 0.15) is 11.1 Å². The number of carbonyl (C=O) groups excluding carboxylic acids is 2. The highest BCUT2D eigenvalue weighted by atomic mass is 32.1. The summed E-state index contributed by atoms with van der Waals surface area (Å²) in [4.78, 5) is 29.5. The van der Waals surface area contributed by atoms with Crippen LogP contribution in [0.4, 0.5) is 5.00 Å². The summed E-state index contributed by atoms with van der Waals surface area (Å²) >= 11 is 1.37. The first-order chi connectivity index (χ1) is 13.1. The number of amides is 2. The second kappa shape index (κ2) is 9.34. The van der Waals surface area contributed by atoms with Crippen LogP contribution >= 0.6 is 11.3 Å². The molecule has 6 nitrogen and oxygen atoms in total. The van der Waals surface area contributed by atoms with Crippen molar-refractivity contribution in [1.82, 2.24) is 9.80 Å². The minimum Gasteiger partial charge on any atom is -0.342 e. The Kier molecular flexibility index (Phi) is 6.86. The number of nitrogens with zero attached hydrogens (tertiary/aromatic N) is 3. The Morgan fingerprint density at radius 2 is 1.85 bits per heavy atom. The third-order valence-corrected chi connectivity index (χ3v) is 6.58. The summed E-state index contributed by atoms with van der Waals surface area (Å²) in [5, 5.41) is 14.4. The maximum atomic E-state index is 12.8. The van der Waals surface area contributed by atoms with Gasteiger partial charge in [0.25, 0.3) is 0 Å². The van der Waals surface area contributed by atoms with Crippen LogP contribution < -0.4 is 5.32 Å². The SMILES string of the molecule is CC(C(=O)Nc1sccc1C#N)N1CCC(C(=O)N2CCCCCC2)CC1. The molecule has 2 aliphatic heterocycles. The standard InChI is InChI=1S/C20H28N4O2S/c1-15(18(25)22-19-17(14-21)8-13-27-19)23-11-6-16(7-12-23)20(26)24-9-4-2-3-5-10-24/h8,13,15-16H,2-7,9-12H2,1H3,(H,22,25). The Morgan fingerprint density at radius 3 is 2.48 bits per heavy atom. The quantitative estimate of drug-likeness (QED) is 0.860. The molecule has 0 aliphatic carbocycles. The van der Waals surface area contributed by atoms with E-state index in [-0.39, 0.29) is 17.9 Å². The van der Waals surface area contributed by atoms with Gasteiger partial charge >= 0.3 is 0 Å². The molecule has 146 valence electrons. The Hall–Kier alpha value is -1.91. The van der Waals surface area contributed by atoms with Crippen molar-refractivity contribution >= 4 is 28.2 Å². The zero-order valence-electron chi connectivity index (χ0n) is 15.9. The first-order valence-electron chi connectivity index (χ1n) is 9.91. The molecule has 1 aromatic rings. The number of likely N-dealkylation sites (tertiary alicyclic amines) is 2. The fraction of sp³-hybridized carbons (Fsp3) is 0.650. The molecular formula is C20H28N4O2S. The van der Waals surface area contributed by atoms with Crippen LogP contribution in [0.1, 0.15) is 51.0 Å². The molecule has 0 bridgehead atoms. The summed E-state index contributed by atoms with van der Waals surface area (Å²) < 4.78 is 0. The van der Waals surface area contributed by atoms with Gasteiger partial charge in [0, 0.05) is 19.0 Å². The van der Waals surface area contributed by atoms with E-state index < -0.39 is 0 Å². The molecule has 27 heavy (non-hydrogen) atoms. The minimum absolute atomic E-state index is 0.0914. The summed E-state index contributed by atoms with van der Waals surface area (Å²) in [5.74, 6) is 0.314. The molecule has 3 rings (SSSR count). The molecule has 0 saturated carbocycles. The van der Waals surface area contributed by atoms with Crippen LogP contribution in [0.2, 0.25) is 0 Å². The van der Waals surface area contributed by atoms with Crippen LogP contribution in [0.25, 0.3) is 0 Å². The van der Waals surface area contributed by atoms with E-state index in [0.717, 1.165) is 51.9 Å². The molecule has 1 N–H and O–H groups in total. The topological polar surface area (TPSA) is 76.4 Å². The van der Waals surface area contributed by atoms with E-state index in [1.165, 1.54) is 24.2 Å². The van der Waals surface area contributed by atoms with E-state index in [1.807, 2.05) is 6.92 Å². The average molecular weight is 389 g/mol. The Labute approximate surface area is 165 Å². The number of thiophene rings is 1. The molecule has 2 amide bonds. The second-order valence-electron chi connectivity index (χ2n) is 7.49. The molecule has 1 aromatic heterocycles. The molecule has 0 aromatic carbocycles. The van der Waals surface area contributed by atoms with Crippen molar-refractivity contribution in [3.05, 3.63) is 17.0 Å². The van der Waals surface area contributed by atoms with Crippen molar-refractivity contribution < 1.29 is 9.59 Å². The summed E-state index contributed by atoms with van der Waals surface area (Å²) in [7, 11) is 0. The summed E-state index contributed by atoms with van der Waals surface area (Å²) in [5.41, 5.74) is 0.502. The molecular weight excluding hydrogens is 360 g/mol. The van der Waals surface area contributed by atoms with Gasteiger partial charge in [-0.3, -0.25) is 14.5 Å². The van der Waals surface area contributed by atoms with Crippen LogP contribution in [0.5, 0.6) is 0 Å². The number of piperidine rings is 1. The fourth-order valence-electron chi connectivity index (χ4n) is 3.96. The number of carbonyl (C=O) groups is 2. The maximum absolute atomic E-state index is 12.8. The van der Waals surface area contributed by atoms with Crippen molar-refractivity contribution in [3.63, 3.8) is 0 Å². The van der Waals surface area contributed by atoms with Crippen LogP contribution in [-0.4, -0.2) is 53.8 Å². The zero-order valence-corrected chi connectivity index (χ0v) is 16.8. The van der Waals surface area contributed by atoms with Gasteiger partial charge in [-0.25, -0.2) is 0 Å². The highest BCUT2D eigenvalue weighted by Crippen LogP contribution is 2.25. The van der Waals surface area contributed by atoms with E-state index in [0.29, 0.717) is 16.5 Å². The highest BCUT2D eigenvalue weighted by Gasteiger charge is 2.32. The monoisotopic (exact) mass is 388 g/mol. The van der Waals surface area contributed by atoms with Gasteiger partial charge in [-0.15, -0.1) is 11.3 Å². The number of hydrogen-bond acceptors (Lipinski definition) is 5. The Balaban J connectivity index is 1.50. The predicted octanol–water partition coefficient (Wildman–Crippen LogP) is 3.06. The number of anilines is 1. The minimum atomic E-state index is -0.270. The fourth-order valence-corrected chi connectivity index (χ4v) is 4.70. The van der Waals surface area contributed by atoms with Crippen molar-refractivity contribution in [2.24, 2.45) is 5.92 Å². The first kappa shape index (κ1) is 19.8. The molecule has 1 unspecified atom stereocenters. The molecule has 2 aliphatic rings. The van der Waals surface area contributed by atoms with Gasteiger partial charge in [0.05, 0.1) is 11.6 Å². The van der Waals surface area contributed by atoms with E-state index in [9.17, 15) is 9.59 Å². The lowest BCUT2D eigenvalue weighted by Crippen LogP contribution is -2.48. The lowest BCUT2D eigenvalue weighted by molar-refractivity contribution is -0.137. The van der Waals surface area contributed by atoms with E-state index >= 15 is 0 Å². The third kappa shape index (κ3) is 4.88. The highest BCUT2D eigenvalue weighted by molar-refractivity contribution is 7.14. The number of hydrogen-bond donors (Lipinski definition) is 1. The van der Waals surface area contributed by atoms with Gasteiger partial charge in [-0.1, -0.05) is 12.8 Å². The van der Waals surface area contributed by atoms with Crippen molar-refractivity contribution in [2.45, 2.75) is 51.5 Å². The van der Waals surface area contributed by atoms with Crippen LogP contribution in [0, 0.1) is 17.2 Å². The first-order valence-corrected chi connectivity index (χ1v) is 10.8. The normalized spacial score (nSPS) is 20.5. The molecule has 1 atom stereocenters. The Bertz CT molecular complexity index is 695. The molecule has 7 heteroatoms. The lowest BCUT2D eigenvalue weighted by atomic mass is 9.94. The molecule has 2 fully saturated rings. The maximum Gasteiger partial charge on any atom is 0.242 e. The molecule has 0 spiro atoms. The van der Waals surface area contributed by atoms with E-state index in [4.69, 9.17) is 5.26 Å². The van der Waals surface area contributed by atoms with Gasteiger partial charge in [0.2, 0.25) is 11.8 Å². The smallest absolute Gasteiger partial charge is 0.242 e. The number of rotatable bonds is 4. The largest absolute Gasteiger partial charge is 0.342 e. The summed E-state index contributed by atoms with van der Waals surface area (Å²) in [6.45, 7) is 5.22. The van der Waals surface area contributed by atoms with Crippen molar-refractivity contribution in [2.75, 3.05) is 31.5 Å². The third-order valence-electron chi connectivity index (χ3n) is 5.75. The number of nitrogens with one attached hydrogen (secondary N) is 1. The van der Waals surface area contributed by atoms with E-state index in [2.05, 4.69) is 21.2 Å². The van der Waals surface area contributed by atoms with Crippen LogP contribution in [0.15, 0.2) is 11.4 Å². The molecule has 0 radical (unpaired) electrons. The molecule has 2 saturated heterocycles. The Morgan fingerprint density at radius 1 is 1.19 bits per heavy atom. The van der Waals surface area contributed by atoms with Crippen LogP contribution in [0.3, 0.4) is 0 Å². The van der Waals surface area contributed by atoms with Crippen molar-refractivity contribution in [1.29, 1.82) is 5.26 Å². The number of nitriles is 1. The van der Waals surface area contributed by atoms with E-state index in [1.54, 1.807) is 11.4 Å².